The van der Waals surface area contributed by atoms with Crippen molar-refractivity contribution in [2.24, 2.45) is 11.1 Å². The number of hydrogen-bond donors (Lipinski definition) is 2. The van der Waals surface area contributed by atoms with E-state index in [0.717, 1.165) is 0 Å². The quantitative estimate of drug-likeness (QED) is 0.750. The van der Waals surface area contributed by atoms with Crippen molar-refractivity contribution in [2.75, 3.05) is 0 Å². The zero-order valence-electron chi connectivity index (χ0n) is 9.31. The van der Waals surface area contributed by atoms with Crippen molar-refractivity contribution in [3.63, 3.8) is 0 Å². The third-order valence-corrected chi connectivity index (χ3v) is 3.52. The molecule has 0 radical (unpaired) electrons. The highest BCUT2D eigenvalue weighted by molar-refractivity contribution is 6.44. The minimum absolute atomic E-state index is 0.0986. The molecule has 1 aromatic carbocycles. The molecule has 0 spiro atoms. The molecule has 1 rings (SSSR count). The highest BCUT2D eigenvalue weighted by Crippen LogP contribution is 2.45. The predicted octanol–water partition coefficient (Wildman–Crippen LogP) is 4.40. The fourth-order valence-electron chi connectivity index (χ4n) is 1.32. The Balaban J connectivity index is 3.44. The molecule has 1 unspecified atom stereocenters. The van der Waals surface area contributed by atoms with Crippen LogP contribution in [0.1, 0.15) is 32.4 Å². The maximum Gasteiger partial charge on any atom is 0.140 e. The van der Waals surface area contributed by atoms with Crippen LogP contribution in [0, 0.1) is 5.41 Å². The molecule has 16 heavy (non-hydrogen) atoms. The average Bonchev–Trinajstić information content (AvgIpc) is 2.13. The van der Waals surface area contributed by atoms with Crippen LogP contribution in [0.5, 0.6) is 5.75 Å². The summed E-state index contributed by atoms with van der Waals surface area (Å²) in [4.78, 5) is 0. The Morgan fingerprint density at radius 2 is 1.69 bits per heavy atom. The van der Waals surface area contributed by atoms with Crippen molar-refractivity contribution in [3.05, 3.63) is 26.7 Å². The van der Waals surface area contributed by atoms with E-state index < -0.39 is 6.04 Å². The van der Waals surface area contributed by atoms with Crippen LogP contribution in [0.15, 0.2) is 6.07 Å². The topological polar surface area (TPSA) is 46.2 Å². The number of halogens is 3. The van der Waals surface area contributed by atoms with Crippen LogP contribution in [-0.4, -0.2) is 5.11 Å². The normalized spacial score (nSPS) is 13.9. The fourth-order valence-corrected chi connectivity index (χ4v) is 2.06. The number of aromatic hydroxyl groups is 1. The largest absolute Gasteiger partial charge is 0.506 e. The molecule has 0 amide bonds. The highest BCUT2D eigenvalue weighted by atomic mass is 35.5. The Morgan fingerprint density at radius 3 is 2.12 bits per heavy atom. The van der Waals surface area contributed by atoms with Gasteiger partial charge in [-0.15, -0.1) is 0 Å². The van der Waals surface area contributed by atoms with Gasteiger partial charge >= 0.3 is 0 Å². The van der Waals surface area contributed by atoms with Crippen molar-refractivity contribution in [1.29, 1.82) is 0 Å². The lowest BCUT2D eigenvalue weighted by atomic mass is 9.82. The second-order valence-electron chi connectivity index (χ2n) is 4.76. The van der Waals surface area contributed by atoms with E-state index in [-0.39, 0.29) is 21.2 Å². The van der Waals surface area contributed by atoms with Crippen LogP contribution in [0.25, 0.3) is 0 Å². The van der Waals surface area contributed by atoms with Gasteiger partial charge < -0.3 is 10.8 Å². The summed E-state index contributed by atoms with van der Waals surface area (Å²) in [5.41, 5.74) is 6.19. The van der Waals surface area contributed by atoms with E-state index in [2.05, 4.69) is 0 Å². The van der Waals surface area contributed by atoms with Crippen molar-refractivity contribution < 1.29 is 5.11 Å². The Kier molecular flexibility index (Phi) is 4.01. The third kappa shape index (κ3) is 2.57. The van der Waals surface area contributed by atoms with Crippen LogP contribution >= 0.6 is 34.8 Å². The molecule has 0 saturated heterocycles. The maximum atomic E-state index is 9.88. The minimum atomic E-state index is -0.448. The summed E-state index contributed by atoms with van der Waals surface area (Å²) in [6.45, 7) is 5.84. The predicted molar refractivity (Wildman–Crippen MR) is 69.5 cm³/mol. The molecule has 0 aliphatic heterocycles. The van der Waals surface area contributed by atoms with Crippen LogP contribution < -0.4 is 5.73 Å². The molecule has 0 bridgehead atoms. The summed E-state index contributed by atoms with van der Waals surface area (Å²) in [6.07, 6.45) is 0. The lowest BCUT2D eigenvalue weighted by Crippen LogP contribution is -2.26. The summed E-state index contributed by atoms with van der Waals surface area (Å²) in [5, 5.41) is 10.6. The van der Waals surface area contributed by atoms with Crippen molar-refractivity contribution in [2.45, 2.75) is 26.8 Å². The summed E-state index contributed by atoms with van der Waals surface area (Å²) >= 11 is 17.8. The van der Waals surface area contributed by atoms with Crippen molar-refractivity contribution >= 4 is 34.8 Å². The van der Waals surface area contributed by atoms with Gasteiger partial charge in [-0.25, -0.2) is 0 Å². The summed E-state index contributed by atoms with van der Waals surface area (Å²) in [6, 6.07) is 0.954. The molecule has 0 heterocycles. The molecule has 0 aliphatic rings. The number of phenolic OH excluding ortho intramolecular Hbond substituents is 1. The molecule has 1 aromatic rings. The van der Waals surface area contributed by atoms with E-state index >= 15 is 0 Å². The van der Waals surface area contributed by atoms with Crippen LogP contribution in [0.4, 0.5) is 0 Å². The average molecular weight is 283 g/mol. The maximum absolute atomic E-state index is 9.88. The number of rotatable bonds is 1. The number of nitrogens with two attached hydrogens (primary N) is 1. The highest BCUT2D eigenvalue weighted by Gasteiger charge is 2.29. The molecule has 0 saturated carbocycles. The molecule has 0 fully saturated rings. The van der Waals surface area contributed by atoms with Gasteiger partial charge in [0.05, 0.1) is 15.1 Å². The van der Waals surface area contributed by atoms with Gasteiger partial charge in [-0.1, -0.05) is 55.6 Å². The molecule has 0 aromatic heterocycles. The first kappa shape index (κ1) is 13.9. The Hall–Kier alpha value is -0.150. The second-order valence-corrected chi connectivity index (χ2v) is 5.95. The molecule has 0 aliphatic carbocycles. The fraction of sp³-hybridized carbons (Fsp3) is 0.455. The molecule has 5 heteroatoms. The SMILES string of the molecule is CC(C)(C)C(N)c1c(O)c(Cl)cc(Cl)c1Cl. The van der Waals surface area contributed by atoms with Crippen molar-refractivity contribution in [3.8, 4) is 5.75 Å². The molecular weight excluding hydrogens is 268 g/mol. The molecule has 3 N–H and O–H groups in total. The standard InChI is InChI=1S/C11H14Cl3NO/c1-11(2,3)10(15)7-8(14)5(12)4-6(13)9(7)16/h4,10,16H,15H2,1-3H3. The molecular formula is C11H14Cl3NO. The smallest absolute Gasteiger partial charge is 0.140 e. The monoisotopic (exact) mass is 281 g/mol. The van der Waals surface area contributed by atoms with Crippen molar-refractivity contribution in [1.82, 2.24) is 0 Å². The molecule has 90 valence electrons. The van der Waals surface area contributed by atoms with Crippen LogP contribution in [0.2, 0.25) is 15.1 Å². The van der Waals surface area contributed by atoms with E-state index in [1.165, 1.54) is 6.07 Å². The number of phenols is 1. The van der Waals surface area contributed by atoms with Gasteiger partial charge in [0.25, 0.3) is 0 Å². The summed E-state index contributed by atoms with van der Waals surface area (Å²) in [5.74, 6) is -0.0986. The molecule has 1 atom stereocenters. The van der Waals surface area contributed by atoms with Gasteiger partial charge in [0.1, 0.15) is 5.75 Å². The van der Waals surface area contributed by atoms with E-state index in [1.807, 2.05) is 20.8 Å². The Morgan fingerprint density at radius 1 is 1.19 bits per heavy atom. The summed E-state index contributed by atoms with van der Waals surface area (Å²) in [7, 11) is 0. The zero-order valence-corrected chi connectivity index (χ0v) is 11.6. The summed E-state index contributed by atoms with van der Waals surface area (Å²) < 4.78 is 0. The van der Waals surface area contributed by atoms with E-state index in [4.69, 9.17) is 40.5 Å². The first-order chi connectivity index (χ1) is 7.16. The van der Waals surface area contributed by atoms with Gasteiger partial charge in [-0.2, -0.15) is 0 Å². The number of benzene rings is 1. The first-order valence-corrected chi connectivity index (χ1v) is 5.91. The third-order valence-electron chi connectivity index (χ3n) is 2.42. The molecule has 2 nitrogen and oxygen atoms in total. The lowest BCUT2D eigenvalue weighted by molar-refractivity contribution is 0.318. The Bertz CT molecular complexity index is 386. The van der Waals surface area contributed by atoms with E-state index in [0.29, 0.717) is 10.6 Å². The van der Waals surface area contributed by atoms with E-state index in [1.54, 1.807) is 0 Å². The van der Waals surface area contributed by atoms with Gasteiger partial charge in [-0.05, 0) is 11.5 Å². The van der Waals surface area contributed by atoms with Crippen LogP contribution in [0.3, 0.4) is 0 Å². The van der Waals surface area contributed by atoms with Gasteiger partial charge in [-0.3, -0.25) is 0 Å². The minimum Gasteiger partial charge on any atom is -0.506 e. The van der Waals surface area contributed by atoms with Crippen LogP contribution in [-0.2, 0) is 0 Å². The first-order valence-electron chi connectivity index (χ1n) is 4.78. The van der Waals surface area contributed by atoms with Gasteiger partial charge in [0.2, 0.25) is 0 Å². The zero-order chi connectivity index (χ0) is 12.7. The van der Waals surface area contributed by atoms with Gasteiger partial charge in [0.15, 0.2) is 0 Å². The lowest BCUT2D eigenvalue weighted by Gasteiger charge is -2.29. The van der Waals surface area contributed by atoms with Gasteiger partial charge in [0, 0.05) is 11.6 Å². The Labute approximate surface area is 110 Å². The second kappa shape index (κ2) is 4.61. The van der Waals surface area contributed by atoms with E-state index in [9.17, 15) is 5.11 Å². The number of hydrogen-bond acceptors (Lipinski definition) is 2.